The van der Waals surface area contributed by atoms with Crippen LogP contribution in [-0.2, 0) is 14.3 Å². The van der Waals surface area contributed by atoms with Crippen LogP contribution in [0.25, 0.3) is 0 Å². The second-order valence-corrected chi connectivity index (χ2v) is 6.58. The molecule has 2 aromatic carbocycles. The van der Waals surface area contributed by atoms with Gasteiger partial charge in [-0.05, 0) is 48.2 Å². The minimum atomic E-state index is -0.466. The molecule has 1 fully saturated rings. The van der Waals surface area contributed by atoms with Crippen LogP contribution in [0.5, 0.6) is 5.75 Å². The summed E-state index contributed by atoms with van der Waals surface area (Å²) in [5.74, 6) is -1.42. The van der Waals surface area contributed by atoms with E-state index in [-0.39, 0.29) is 36.0 Å². The molecule has 1 heterocycles. The van der Waals surface area contributed by atoms with Gasteiger partial charge in [-0.25, -0.2) is 4.39 Å². The average molecular weight is 369 g/mol. The lowest BCUT2D eigenvalue weighted by atomic mass is 10.1. The second kappa shape index (κ2) is 6.83. The first-order valence-corrected chi connectivity index (χ1v) is 8.53. The van der Waals surface area contributed by atoms with Gasteiger partial charge < -0.3 is 14.8 Å². The molecule has 0 aromatic heterocycles. The van der Waals surface area contributed by atoms with Crippen molar-refractivity contribution in [2.24, 2.45) is 5.92 Å². The number of amides is 1. The highest BCUT2D eigenvalue weighted by molar-refractivity contribution is 6.01. The number of nitrogens with one attached hydrogen (secondary N) is 1. The van der Waals surface area contributed by atoms with Crippen LogP contribution < -0.4 is 10.1 Å². The molecule has 1 N–H and O–H groups in total. The highest BCUT2D eigenvalue weighted by Crippen LogP contribution is 2.48. The minimum absolute atomic E-state index is 0.0637. The van der Waals surface area contributed by atoms with Crippen LogP contribution in [0.3, 0.4) is 0 Å². The molecule has 7 heteroatoms. The molecular weight excluding hydrogens is 353 g/mol. The normalized spacial score (nSPS) is 20.1. The van der Waals surface area contributed by atoms with E-state index in [2.05, 4.69) is 5.32 Å². The maximum atomic E-state index is 13.3. The molecule has 1 aliphatic heterocycles. The van der Waals surface area contributed by atoms with E-state index in [0.717, 1.165) is 5.56 Å². The number of fused-ring (bicyclic) bond motifs is 1. The van der Waals surface area contributed by atoms with Gasteiger partial charge in [-0.3, -0.25) is 14.4 Å². The molecule has 2 aromatic rings. The van der Waals surface area contributed by atoms with E-state index in [1.165, 1.54) is 18.2 Å². The smallest absolute Gasteiger partial charge is 0.310 e. The largest absolute Gasteiger partial charge is 0.482 e. The number of halogens is 1. The number of benzene rings is 2. The number of carbonyl (C=O) groups excluding carboxylic acids is 3. The van der Waals surface area contributed by atoms with Crippen molar-refractivity contribution in [2.75, 3.05) is 18.5 Å². The third kappa shape index (κ3) is 3.67. The second-order valence-electron chi connectivity index (χ2n) is 6.58. The van der Waals surface area contributed by atoms with Gasteiger partial charge in [0.25, 0.3) is 5.91 Å². The maximum Gasteiger partial charge on any atom is 0.310 e. The van der Waals surface area contributed by atoms with Crippen molar-refractivity contribution in [3.63, 3.8) is 0 Å². The van der Waals surface area contributed by atoms with Gasteiger partial charge in [-0.15, -0.1) is 0 Å². The Kier molecular flexibility index (Phi) is 4.35. The summed E-state index contributed by atoms with van der Waals surface area (Å²) in [6.07, 6.45) is 0.582. The van der Waals surface area contributed by atoms with Crippen molar-refractivity contribution in [3.8, 4) is 5.75 Å². The fourth-order valence-electron chi connectivity index (χ4n) is 3.14. The summed E-state index contributed by atoms with van der Waals surface area (Å²) in [5.41, 5.74) is 1.48. The number of ether oxygens (including phenoxy) is 2. The van der Waals surface area contributed by atoms with E-state index in [9.17, 15) is 18.8 Å². The zero-order valence-corrected chi connectivity index (χ0v) is 14.2. The number of carbonyl (C=O) groups is 3. The van der Waals surface area contributed by atoms with Crippen LogP contribution in [0.2, 0.25) is 0 Å². The zero-order valence-electron chi connectivity index (χ0n) is 14.2. The third-order valence-corrected chi connectivity index (χ3v) is 4.65. The van der Waals surface area contributed by atoms with Gasteiger partial charge in [-0.2, -0.15) is 0 Å². The summed E-state index contributed by atoms with van der Waals surface area (Å²) in [6, 6.07) is 10.8. The number of rotatable bonds is 5. The first-order chi connectivity index (χ1) is 13.0. The van der Waals surface area contributed by atoms with Crippen LogP contribution in [0, 0.1) is 11.7 Å². The molecule has 0 spiro atoms. The molecule has 0 radical (unpaired) electrons. The molecule has 6 nitrogen and oxygen atoms in total. The molecule has 0 bridgehead atoms. The Hall–Kier alpha value is -3.22. The van der Waals surface area contributed by atoms with Crippen molar-refractivity contribution in [1.29, 1.82) is 0 Å². The summed E-state index contributed by atoms with van der Waals surface area (Å²) in [4.78, 5) is 35.8. The average Bonchev–Trinajstić information content (AvgIpc) is 3.46. The van der Waals surface area contributed by atoms with Crippen LogP contribution in [-0.4, -0.2) is 30.9 Å². The summed E-state index contributed by atoms with van der Waals surface area (Å²) < 4.78 is 23.6. The van der Waals surface area contributed by atoms with Gasteiger partial charge in [0.05, 0.1) is 11.6 Å². The summed E-state index contributed by atoms with van der Waals surface area (Å²) in [5, 5.41) is 2.62. The predicted molar refractivity (Wildman–Crippen MR) is 93.1 cm³/mol. The van der Waals surface area contributed by atoms with Gasteiger partial charge in [0, 0.05) is 5.56 Å². The van der Waals surface area contributed by atoms with Crippen molar-refractivity contribution >= 4 is 23.3 Å². The number of hydrogen-bond acceptors (Lipinski definition) is 5. The van der Waals surface area contributed by atoms with E-state index < -0.39 is 12.6 Å². The predicted octanol–water partition coefficient (Wildman–Crippen LogP) is 2.69. The number of ketones is 1. The molecule has 1 saturated carbocycles. The topological polar surface area (TPSA) is 81.7 Å². The van der Waals surface area contributed by atoms with Crippen LogP contribution in [0.15, 0.2) is 42.5 Å². The molecule has 27 heavy (non-hydrogen) atoms. The van der Waals surface area contributed by atoms with Crippen LogP contribution in [0.4, 0.5) is 10.1 Å². The Labute approximate surface area is 154 Å². The Morgan fingerprint density at radius 1 is 1.22 bits per heavy atom. The Morgan fingerprint density at radius 2 is 2.07 bits per heavy atom. The van der Waals surface area contributed by atoms with Crippen molar-refractivity contribution in [1.82, 2.24) is 0 Å². The molecule has 2 aliphatic rings. The Bertz CT molecular complexity index is 942. The van der Waals surface area contributed by atoms with E-state index in [1.807, 2.05) is 0 Å². The molecule has 0 saturated heterocycles. The SMILES string of the molecule is O=C1COc2ccc(C(=O)COC(=O)C3CC3c3cccc(F)c3)cc2N1. The fraction of sp³-hybridized carbons (Fsp3) is 0.250. The molecule has 138 valence electrons. The van der Waals surface area contributed by atoms with Gasteiger partial charge in [0.1, 0.15) is 11.6 Å². The minimum Gasteiger partial charge on any atom is -0.482 e. The number of esters is 1. The molecule has 2 unspecified atom stereocenters. The summed E-state index contributed by atoms with van der Waals surface area (Å²) in [6.45, 7) is -0.454. The van der Waals surface area contributed by atoms with Crippen LogP contribution >= 0.6 is 0 Å². The standard InChI is InChI=1S/C20H16FNO5/c21-13-3-1-2-11(6-13)14-8-15(14)20(25)27-9-17(23)12-4-5-18-16(7-12)22-19(24)10-26-18/h1-7,14-15H,8-10H2,(H,22,24). The molecule has 1 aliphatic carbocycles. The number of hydrogen-bond donors (Lipinski definition) is 1. The van der Waals surface area contributed by atoms with Gasteiger partial charge in [0.2, 0.25) is 0 Å². The van der Waals surface area contributed by atoms with Gasteiger partial charge in [-0.1, -0.05) is 12.1 Å². The molecule has 1 amide bonds. The lowest BCUT2D eigenvalue weighted by Crippen LogP contribution is -2.25. The van der Waals surface area contributed by atoms with Gasteiger partial charge >= 0.3 is 5.97 Å². The lowest BCUT2D eigenvalue weighted by Gasteiger charge is -2.18. The van der Waals surface area contributed by atoms with Gasteiger partial charge in [0.15, 0.2) is 19.0 Å². The number of anilines is 1. The lowest BCUT2D eigenvalue weighted by molar-refractivity contribution is -0.144. The first kappa shape index (κ1) is 17.2. The van der Waals surface area contributed by atoms with Crippen molar-refractivity contribution in [2.45, 2.75) is 12.3 Å². The fourth-order valence-corrected chi connectivity index (χ4v) is 3.14. The zero-order chi connectivity index (χ0) is 19.0. The van der Waals surface area contributed by atoms with E-state index in [0.29, 0.717) is 23.4 Å². The highest BCUT2D eigenvalue weighted by Gasteiger charge is 2.45. The third-order valence-electron chi connectivity index (χ3n) is 4.65. The van der Waals surface area contributed by atoms with E-state index in [1.54, 1.807) is 24.3 Å². The Balaban J connectivity index is 1.34. The Morgan fingerprint density at radius 3 is 2.89 bits per heavy atom. The number of Topliss-reactive ketones (excluding diaryl/α,β-unsaturated/α-hetero) is 1. The molecular formula is C20H16FNO5. The van der Waals surface area contributed by atoms with E-state index in [4.69, 9.17) is 9.47 Å². The maximum absolute atomic E-state index is 13.3. The quantitative estimate of drug-likeness (QED) is 0.647. The summed E-state index contributed by atoms with van der Waals surface area (Å²) in [7, 11) is 0. The first-order valence-electron chi connectivity index (χ1n) is 8.53. The van der Waals surface area contributed by atoms with E-state index >= 15 is 0 Å². The highest BCUT2D eigenvalue weighted by atomic mass is 19.1. The molecule has 2 atom stereocenters. The molecule has 4 rings (SSSR count). The van der Waals surface area contributed by atoms with Crippen LogP contribution in [0.1, 0.15) is 28.3 Å². The van der Waals surface area contributed by atoms with Crippen molar-refractivity contribution < 1.29 is 28.2 Å². The summed E-state index contributed by atoms with van der Waals surface area (Å²) >= 11 is 0. The monoisotopic (exact) mass is 369 g/mol. The van der Waals surface area contributed by atoms with Crippen molar-refractivity contribution in [3.05, 3.63) is 59.4 Å².